The van der Waals surface area contributed by atoms with Gasteiger partial charge in [-0.1, -0.05) is 13.8 Å². The molecule has 0 radical (unpaired) electrons. The van der Waals surface area contributed by atoms with Gasteiger partial charge in [0.05, 0.1) is 0 Å². The van der Waals surface area contributed by atoms with Crippen molar-refractivity contribution in [2.45, 2.75) is 91.1 Å². The number of esters is 1. The van der Waals surface area contributed by atoms with Crippen molar-refractivity contribution < 1.29 is 19.4 Å². The van der Waals surface area contributed by atoms with Crippen molar-refractivity contribution in [3.8, 4) is 0 Å². The first-order valence-electron chi connectivity index (χ1n) is 11.1. The molecule has 8 atom stereocenters. The highest BCUT2D eigenvalue weighted by molar-refractivity contribution is 5.67. The Morgan fingerprint density at radius 3 is 2.37 bits per heavy atom. The lowest BCUT2D eigenvalue weighted by Gasteiger charge is -2.61. The maximum absolute atomic E-state index is 11.6. The lowest BCUT2D eigenvalue weighted by atomic mass is 9.44. The predicted octanol–water partition coefficient (Wildman–Crippen LogP) is 5.05. The van der Waals surface area contributed by atoms with Crippen LogP contribution >= 0.6 is 0 Å². The molecule has 4 nitrogen and oxygen atoms in total. The zero-order chi connectivity index (χ0) is 19.4. The SMILES string of the molecule is CC(=O)O[C@H]1CC[C@@H]2[C@@H]3CC[C@H]4C[C@H](CC(=O)O)CC[C@]4(C)[C@H]3CC[C@]12C. The molecule has 4 aliphatic carbocycles. The van der Waals surface area contributed by atoms with Gasteiger partial charge in [-0.3, -0.25) is 9.59 Å². The van der Waals surface area contributed by atoms with E-state index in [1.165, 1.54) is 38.5 Å². The molecule has 0 aromatic heterocycles. The second kappa shape index (κ2) is 6.77. The number of fused-ring (bicyclic) bond motifs is 5. The van der Waals surface area contributed by atoms with Crippen molar-refractivity contribution in [1.29, 1.82) is 0 Å². The second-order valence-corrected chi connectivity index (χ2v) is 10.6. The molecule has 0 bridgehead atoms. The van der Waals surface area contributed by atoms with Gasteiger partial charge in [0.25, 0.3) is 0 Å². The number of rotatable bonds is 3. The molecular formula is C23H36O4. The van der Waals surface area contributed by atoms with Crippen molar-refractivity contribution in [1.82, 2.24) is 0 Å². The van der Waals surface area contributed by atoms with Crippen LogP contribution in [0.4, 0.5) is 0 Å². The number of ether oxygens (including phenoxy) is 1. The Morgan fingerprint density at radius 1 is 0.963 bits per heavy atom. The normalized spacial score (nSPS) is 48.9. The molecule has 0 spiro atoms. The Balaban J connectivity index is 1.51. The van der Waals surface area contributed by atoms with Crippen LogP contribution in [0.3, 0.4) is 0 Å². The lowest BCUT2D eigenvalue weighted by Crippen LogP contribution is -2.54. The summed E-state index contributed by atoms with van der Waals surface area (Å²) in [6, 6.07) is 0. The Morgan fingerprint density at radius 2 is 1.67 bits per heavy atom. The monoisotopic (exact) mass is 376 g/mol. The molecule has 4 fully saturated rings. The van der Waals surface area contributed by atoms with Crippen LogP contribution in [-0.4, -0.2) is 23.1 Å². The first-order valence-corrected chi connectivity index (χ1v) is 11.1. The van der Waals surface area contributed by atoms with Crippen LogP contribution in [0.2, 0.25) is 0 Å². The summed E-state index contributed by atoms with van der Waals surface area (Å²) in [4.78, 5) is 22.7. The number of carbonyl (C=O) groups excluding carboxylic acids is 1. The smallest absolute Gasteiger partial charge is 0.303 e. The second-order valence-electron chi connectivity index (χ2n) is 10.6. The summed E-state index contributed by atoms with van der Waals surface area (Å²) in [7, 11) is 0. The molecule has 4 heteroatoms. The van der Waals surface area contributed by atoms with Gasteiger partial charge >= 0.3 is 11.9 Å². The van der Waals surface area contributed by atoms with E-state index in [2.05, 4.69) is 13.8 Å². The van der Waals surface area contributed by atoms with Gasteiger partial charge in [-0.05, 0) is 92.8 Å². The van der Waals surface area contributed by atoms with Gasteiger partial charge in [-0.2, -0.15) is 0 Å². The van der Waals surface area contributed by atoms with Gasteiger partial charge in [0.1, 0.15) is 6.10 Å². The summed E-state index contributed by atoms with van der Waals surface area (Å²) >= 11 is 0. The highest BCUT2D eigenvalue weighted by Gasteiger charge is 2.61. The van der Waals surface area contributed by atoms with Gasteiger partial charge in [-0.15, -0.1) is 0 Å². The fraction of sp³-hybridized carbons (Fsp3) is 0.913. The first-order chi connectivity index (χ1) is 12.7. The minimum atomic E-state index is -0.631. The molecule has 0 unspecified atom stereocenters. The molecule has 4 aliphatic rings. The van der Waals surface area contributed by atoms with Gasteiger partial charge in [0, 0.05) is 18.8 Å². The average Bonchev–Trinajstić information content (AvgIpc) is 2.91. The Bertz CT molecular complexity index is 615. The maximum atomic E-state index is 11.6. The van der Waals surface area contributed by atoms with Crippen molar-refractivity contribution in [2.24, 2.45) is 40.4 Å². The van der Waals surface area contributed by atoms with E-state index in [0.717, 1.165) is 31.1 Å². The minimum absolute atomic E-state index is 0.109. The molecule has 0 amide bonds. The molecule has 0 saturated heterocycles. The number of carbonyl (C=O) groups is 2. The fourth-order valence-electron chi connectivity index (χ4n) is 8.13. The number of carboxylic acid groups (broad SMARTS) is 1. The molecule has 0 aliphatic heterocycles. The van der Waals surface area contributed by atoms with Gasteiger partial charge in [0.15, 0.2) is 0 Å². The maximum Gasteiger partial charge on any atom is 0.303 e. The molecule has 27 heavy (non-hydrogen) atoms. The molecule has 4 rings (SSSR count). The van der Waals surface area contributed by atoms with E-state index < -0.39 is 5.97 Å². The Kier molecular flexibility index (Phi) is 4.83. The van der Waals surface area contributed by atoms with E-state index in [4.69, 9.17) is 4.74 Å². The summed E-state index contributed by atoms with van der Waals surface area (Å²) in [5.41, 5.74) is 0.551. The van der Waals surface area contributed by atoms with E-state index in [0.29, 0.717) is 29.6 Å². The minimum Gasteiger partial charge on any atom is -0.481 e. The third-order valence-corrected chi connectivity index (χ3v) is 9.46. The van der Waals surface area contributed by atoms with Crippen LogP contribution in [0.25, 0.3) is 0 Å². The van der Waals surface area contributed by atoms with E-state index >= 15 is 0 Å². The van der Waals surface area contributed by atoms with Gasteiger partial charge in [-0.25, -0.2) is 0 Å². The van der Waals surface area contributed by atoms with Gasteiger partial charge in [0.2, 0.25) is 0 Å². The Labute approximate surface area is 163 Å². The van der Waals surface area contributed by atoms with Crippen LogP contribution in [-0.2, 0) is 14.3 Å². The summed E-state index contributed by atoms with van der Waals surface area (Å²) in [5, 5.41) is 9.20. The molecule has 0 heterocycles. The third-order valence-electron chi connectivity index (χ3n) is 9.46. The molecular weight excluding hydrogens is 340 g/mol. The fourth-order valence-corrected chi connectivity index (χ4v) is 8.13. The number of carboxylic acids is 1. The number of aliphatic carboxylic acids is 1. The number of hydrogen-bond acceptors (Lipinski definition) is 3. The van der Waals surface area contributed by atoms with Crippen LogP contribution in [0.5, 0.6) is 0 Å². The summed E-state index contributed by atoms with van der Waals surface area (Å²) < 4.78 is 5.75. The van der Waals surface area contributed by atoms with Crippen molar-refractivity contribution >= 4 is 11.9 Å². The molecule has 0 aromatic rings. The largest absolute Gasteiger partial charge is 0.481 e. The van der Waals surface area contributed by atoms with Crippen LogP contribution in [0, 0.1) is 40.4 Å². The van der Waals surface area contributed by atoms with E-state index in [9.17, 15) is 14.7 Å². The van der Waals surface area contributed by atoms with Crippen molar-refractivity contribution in [3.05, 3.63) is 0 Å². The summed E-state index contributed by atoms with van der Waals surface area (Å²) in [6.45, 7) is 6.45. The van der Waals surface area contributed by atoms with Crippen LogP contribution < -0.4 is 0 Å². The molecule has 1 N–H and O–H groups in total. The van der Waals surface area contributed by atoms with E-state index in [1.807, 2.05) is 0 Å². The van der Waals surface area contributed by atoms with Crippen LogP contribution in [0.1, 0.15) is 85.0 Å². The van der Waals surface area contributed by atoms with Crippen LogP contribution in [0.15, 0.2) is 0 Å². The average molecular weight is 377 g/mol. The third kappa shape index (κ3) is 3.11. The standard InChI is InChI=1S/C23H36O4/c1-14(24)27-20-7-6-18-17-5-4-16-12-15(13-21(25)26)8-10-22(16,2)19(17)9-11-23(18,20)3/h15-20H,4-13H2,1-3H3,(H,25,26)/t15-,16+,17+,18-,19+,20+,22+,23+/m1/s1. The van der Waals surface area contributed by atoms with Gasteiger partial charge < -0.3 is 9.84 Å². The molecule has 4 saturated carbocycles. The highest BCUT2D eigenvalue weighted by Crippen LogP contribution is 2.67. The van der Waals surface area contributed by atoms with Crippen molar-refractivity contribution in [2.75, 3.05) is 0 Å². The quantitative estimate of drug-likeness (QED) is 0.700. The highest BCUT2D eigenvalue weighted by atomic mass is 16.5. The molecule has 0 aromatic carbocycles. The zero-order valence-corrected chi connectivity index (χ0v) is 17.2. The summed E-state index contributed by atoms with van der Waals surface area (Å²) in [6.07, 6.45) is 11.1. The Hall–Kier alpha value is -1.06. The first kappa shape index (κ1) is 19.3. The number of hydrogen-bond donors (Lipinski definition) is 1. The van der Waals surface area contributed by atoms with E-state index in [1.54, 1.807) is 6.92 Å². The predicted molar refractivity (Wildman–Crippen MR) is 103 cm³/mol. The summed E-state index contributed by atoms with van der Waals surface area (Å²) in [5.74, 6) is 2.55. The molecule has 152 valence electrons. The lowest BCUT2D eigenvalue weighted by molar-refractivity contribution is -0.162. The van der Waals surface area contributed by atoms with E-state index in [-0.39, 0.29) is 17.5 Å². The topological polar surface area (TPSA) is 63.6 Å². The van der Waals surface area contributed by atoms with Crippen molar-refractivity contribution in [3.63, 3.8) is 0 Å². The zero-order valence-electron chi connectivity index (χ0n) is 17.2.